The highest BCUT2D eigenvalue weighted by atomic mass is 32.2. The lowest BCUT2D eigenvalue weighted by Gasteiger charge is -2.21. The number of carbonyl (C=O) groups excluding carboxylic acids is 1. The van der Waals surface area contributed by atoms with Crippen molar-refractivity contribution in [2.75, 3.05) is 26.2 Å². The van der Waals surface area contributed by atoms with Crippen molar-refractivity contribution in [3.05, 3.63) is 15.8 Å². The molecule has 1 aliphatic heterocycles. The predicted molar refractivity (Wildman–Crippen MR) is 84.0 cm³/mol. The molecule has 21 heavy (non-hydrogen) atoms. The molecule has 7 heteroatoms. The molecule has 0 aliphatic carbocycles. The molecule has 1 amide bonds. The van der Waals surface area contributed by atoms with Crippen LogP contribution in [-0.2, 0) is 14.8 Å². The smallest absolute Gasteiger partial charge is 0.244 e. The van der Waals surface area contributed by atoms with Gasteiger partial charge in [0.1, 0.15) is 0 Å². The number of rotatable bonds is 3. The quantitative estimate of drug-likeness (QED) is 0.852. The van der Waals surface area contributed by atoms with Crippen LogP contribution < -0.4 is 0 Å². The average Bonchev–Trinajstić information content (AvgIpc) is 2.67. The molecule has 1 aromatic heterocycles. The first-order valence-corrected chi connectivity index (χ1v) is 9.47. The Labute approximate surface area is 130 Å². The molecule has 1 saturated heterocycles. The summed E-state index contributed by atoms with van der Waals surface area (Å²) < 4.78 is 27.0. The normalized spacial score (nSPS) is 17.8. The van der Waals surface area contributed by atoms with Crippen LogP contribution in [0.1, 0.15) is 29.5 Å². The zero-order valence-corrected chi connectivity index (χ0v) is 14.4. The Hall–Kier alpha value is -0.920. The van der Waals surface area contributed by atoms with Crippen LogP contribution in [-0.4, -0.2) is 49.7 Å². The van der Waals surface area contributed by atoms with Crippen LogP contribution >= 0.6 is 11.3 Å². The van der Waals surface area contributed by atoms with Gasteiger partial charge in [-0.3, -0.25) is 4.79 Å². The van der Waals surface area contributed by atoms with Crippen LogP contribution in [0.15, 0.2) is 11.0 Å². The molecule has 0 aromatic carbocycles. The molecule has 0 spiro atoms. The third kappa shape index (κ3) is 3.46. The number of amides is 1. The number of hydrogen-bond acceptors (Lipinski definition) is 4. The first-order chi connectivity index (χ1) is 9.86. The second-order valence-corrected chi connectivity index (χ2v) is 8.64. The van der Waals surface area contributed by atoms with Crippen LogP contribution in [0.5, 0.6) is 0 Å². The summed E-state index contributed by atoms with van der Waals surface area (Å²) in [5.74, 6) is 0.0943. The second kappa shape index (κ2) is 6.46. The summed E-state index contributed by atoms with van der Waals surface area (Å²) in [4.78, 5) is 15.8. The first-order valence-electron chi connectivity index (χ1n) is 7.21. The fourth-order valence-corrected chi connectivity index (χ4v) is 5.60. The van der Waals surface area contributed by atoms with Gasteiger partial charge in [-0.2, -0.15) is 4.31 Å². The Bertz CT molecular complexity index is 622. The molecule has 0 radical (unpaired) electrons. The molecule has 0 bridgehead atoms. The van der Waals surface area contributed by atoms with Crippen LogP contribution in [0.3, 0.4) is 0 Å². The molecule has 0 saturated carbocycles. The first kappa shape index (κ1) is 16.5. The van der Waals surface area contributed by atoms with Gasteiger partial charge in [0.05, 0.1) is 4.90 Å². The van der Waals surface area contributed by atoms with Crippen LogP contribution in [0, 0.1) is 13.8 Å². The minimum Gasteiger partial charge on any atom is -0.341 e. The fourth-order valence-electron chi connectivity index (χ4n) is 2.61. The average molecular weight is 330 g/mol. The summed E-state index contributed by atoms with van der Waals surface area (Å²) in [7, 11) is -3.45. The third-order valence-corrected chi connectivity index (χ3v) is 6.84. The van der Waals surface area contributed by atoms with Crippen molar-refractivity contribution < 1.29 is 13.2 Å². The van der Waals surface area contributed by atoms with E-state index in [1.165, 1.54) is 15.6 Å². The Morgan fingerprint density at radius 3 is 2.52 bits per heavy atom. The van der Waals surface area contributed by atoms with Crippen LogP contribution in [0.25, 0.3) is 0 Å². The maximum atomic E-state index is 12.7. The van der Waals surface area contributed by atoms with Crippen LogP contribution in [0.4, 0.5) is 0 Å². The van der Waals surface area contributed by atoms with Crippen molar-refractivity contribution in [2.24, 2.45) is 0 Å². The Balaban J connectivity index is 2.18. The molecule has 2 heterocycles. The number of carbonyl (C=O) groups is 1. The largest absolute Gasteiger partial charge is 0.341 e. The fraction of sp³-hybridized carbons (Fsp3) is 0.643. The van der Waals surface area contributed by atoms with Gasteiger partial charge in [-0.15, -0.1) is 11.3 Å². The van der Waals surface area contributed by atoms with Gasteiger partial charge in [-0.1, -0.05) is 6.92 Å². The highest BCUT2D eigenvalue weighted by Gasteiger charge is 2.29. The van der Waals surface area contributed by atoms with E-state index >= 15 is 0 Å². The van der Waals surface area contributed by atoms with Gasteiger partial charge in [0.2, 0.25) is 15.9 Å². The lowest BCUT2D eigenvalue weighted by atomic mass is 10.3. The third-order valence-electron chi connectivity index (χ3n) is 3.72. The standard InChI is InChI=1S/C14H22N2O3S2/c1-4-14(17)15-6-5-7-16(9-8-15)21(18,19)13-10-11(2)20-12(13)3/h10H,4-9H2,1-3H3. The molecule has 0 atom stereocenters. The van der Waals surface area contributed by atoms with Crippen molar-refractivity contribution in [3.63, 3.8) is 0 Å². The molecule has 1 aromatic rings. The van der Waals surface area contributed by atoms with Gasteiger partial charge in [-0.25, -0.2) is 8.42 Å². The van der Waals surface area contributed by atoms with Crippen molar-refractivity contribution in [2.45, 2.75) is 38.5 Å². The van der Waals surface area contributed by atoms with E-state index < -0.39 is 10.0 Å². The van der Waals surface area contributed by atoms with Gasteiger partial charge in [0.15, 0.2) is 0 Å². The summed E-state index contributed by atoms with van der Waals surface area (Å²) in [6, 6.07) is 1.75. The van der Waals surface area contributed by atoms with Crippen molar-refractivity contribution in [3.8, 4) is 0 Å². The summed E-state index contributed by atoms with van der Waals surface area (Å²) in [6.45, 7) is 7.57. The van der Waals surface area contributed by atoms with E-state index in [4.69, 9.17) is 0 Å². The van der Waals surface area contributed by atoms with E-state index in [0.717, 1.165) is 9.75 Å². The lowest BCUT2D eigenvalue weighted by molar-refractivity contribution is -0.130. The predicted octanol–water partition coefficient (Wildman–Crippen LogP) is 2.00. The molecule has 118 valence electrons. The topological polar surface area (TPSA) is 57.7 Å². The lowest BCUT2D eigenvalue weighted by Crippen LogP contribution is -2.37. The zero-order valence-electron chi connectivity index (χ0n) is 12.8. The van der Waals surface area contributed by atoms with E-state index in [9.17, 15) is 13.2 Å². The molecular weight excluding hydrogens is 308 g/mol. The van der Waals surface area contributed by atoms with Crippen LogP contribution in [0.2, 0.25) is 0 Å². The molecule has 2 rings (SSSR count). The molecule has 1 fully saturated rings. The van der Waals surface area contributed by atoms with Gasteiger partial charge in [0, 0.05) is 42.4 Å². The van der Waals surface area contributed by atoms with Gasteiger partial charge in [-0.05, 0) is 26.3 Å². The molecule has 5 nitrogen and oxygen atoms in total. The SMILES string of the molecule is CCC(=O)N1CCCN(S(=O)(=O)c2cc(C)sc2C)CC1. The Morgan fingerprint density at radius 1 is 1.24 bits per heavy atom. The molecule has 0 unspecified atom stereocenters. The maximum Gasteiger partial charge on any atom is 0.244 e. The van der Waals surface area contributed by atoms with E-state index in [1.807, 2.05) is 20.8 Å². The van der Waals surface area contributed by atoms with Gasteiger partial charge >= 0.3 is 0 Å². The minimum absolute atomic E-state index is 0.0943. The van der Waals surface area contributed by atoms with Crippen molar-refractivity contribution >= 4 is 27.3 Å². The van der Waals surface area contributed by atoms with Gasteiger partial charge < -0.3 is 4.90 Å². The van der Waals surface area contributed by atoms with E-state index in [1.54, 1.807) is 11.0 Å². The number of aryl methyl sites for hydroxylation is 2. The van der Waals surface area contributed by atoms with Gasteiger partial charge in [0.25, 0.3) is 0 Å². The molecule has 1 aliphatic rings. The minimum atomic E-state index is -3.45. The zero-order chi connectivity index (χ0) is 15.6. The molecular formula is C14H22N2O3S2. The van der Waals surface area contributed by atoms with E-state index in [-0.39, 0.29) is 5.91 Å². The van der Waals surface area contributed by atoms with Crippen molar-refractivity contribution in [1.29, 1.82) is 0 Å². The maximum absolute atomic E-state index is 12.7. The summed E-state index contributed by atoms with van der Waals surface area (Å²) >= 11 is 1.50. The summed E-state index contributed by atoms with van der Waals surface area (Å²) in [6.07, 6.45) is 1.16. The van der Waals surface area contributed by atoms with E-state index in [2.05, 4.69) is 0 Å². The Morgan fingerprint density at radius 2 is 1.95 bits per heavy atom. The summed E-state index contributed by atoms with van der Waals surface area (Å²) in [5, 5.41) is 0. The number of thiophene rings is 1. The highest BCUT2D eigenvalue weighted by molar-refractivity contribution is 7.89. The molecule has 0 N–H and O–H groups in total. The number of hydrogen-bond donors (Lipinski definition) is 0. The number of nitrogens with zero attached hydrogens (tertiary/aromatic N) is 2. The second-order valence-electron chi connectivity index (χ2n) is 5.27. The Kier molecular flexibility index (Phi) is 5.06. The van der Waals surface area contributed by atoms with Crippen molar-refractivity contribution in [1.82, 2.24) is 9.21 Å². The summed E-state index contributed by atoms with van der Waals surface area (Å²) in [5.41, 5.74) is 0. The monoisotopic (exact) mass is 330 g/mol. The highest BCUT2D eigenvalue weighted by Crippen LogP contribution is 2.28. The number of sulfonamides is 1. The van der Waals surface area contributed by atoms with E-state index in [0.29, 0.717) is 43.9 Å².